The van der Waals surface area contributed by atoms with Gasteiger partial charge in [0.25, 0.3) is 5.91 Å². The van der Waals surface area contributed by atoms with Gasteiger partial charge in [-0.15, -0.1) is 0 Å². The number of carboxylic acids is 1. The van der Waals surface area contributed by atoms with E-state index in [2.05, 4.69) is 15.4 Å². The van der Waals surface area contributed by atoms with Gasteiger partial charge in [0.05, 0.1) is 12.7 Å². The summed E-state index contributed by atoms with van der Waals surface area (Å²) in [7, 11) is 1.49. The maximum Gasteiger partial charge on any atom is 0.335 e. The average Bonchev–Trinajstić information content (AvgIpc) is 3.16. The number of primary amides is 1. The zero-order valence-electron chi connectivity index (χ0n) is 14.3. The molecule has 9 nitrogen and oxygen atoms in total. The number of nitrogens with two attached hydrogens (primary N) is 1. The fraction of sp³-hybridized carbons (Fsp3) is 0.111. The normalized spacial score (nSPS) is 10.4. The second-order valence-electron chi connectivity index (χ2n) is 5.54. The van der Waals surface area contributed by atoms with Gasteiger partial charge in [0.1, 0.15) is 12.3 Å². The van der Waals surface area contributed by atoms with Crippen molar-refractivity contribution in [2.75, 3.05) is 7.11 Å². The molecule has 0 radical (unpaired) electrons. The highest BCUT2D eigenvalue weighted by Gasteiger charge is 2.17. The molecule has 0 spiro atoms. The number of carbonyl (C=O) groups is 2. The second-order valence-corrected chi connectivity index (χ2v) is 5.54. The first-order valence-corrected chi connectivity index (χ1v) is 7.83. The molecule has 0 bridgehead atoms. The molecule has 0 fully saturated rings. The molecule has 0 saturated heterocycles. The van der Waals surface area contributed by atoms with Crippen LogP contribution in [0, 0.1) is 0 Å². The SMILES string of the molecule is COc1cc(-c2n[nH]nc2C(N)=O)ccc1OCc1ccc(C(=O)O)cc1. The zero-order valence-corrected chi connectivity index (χ0v) is 14.3. The third-order valence-corrected chi connectivity index (χ3v) is 3.81. The number of aromatic carboxylic acids is 1. The maximum atomic E-state index is 11.4. The van der Waals surface area contributed by atoms with Crippen molar-refractivity contribution in [3.8, 4) is 22.8 Å². The summed E-state index contributed by atoms with van der Waals surface area (Å²) in [5.41, 5.74) is 7.23. The maximum absolute atomic E-state index is 11.4. The van der Waals surface area contributed by atoms with Crippen molar-refractivity contribution in [3.63, 3.8) is 0 Å². The molecule has 2 aromatic carbocycles. The van der Waals surface area contributed by atoms with Gasteiger partial charge in [0.2, 0.25) is 0 Å². The predicted molar refractivity (Wildman–Crippen MR) is 94.6 cm³/mol. The summed E-state index contributed by atoms with van der Waals surface area (Å²) in [4.78, 5) is 22.3. The van der Waals surface area contributed by atoms with Crippen LogP contribution in [-0.4, -0.2) is 39.5 Å². The lowest BCUT2D eigenvalue weighted by Crippen LogP contribution is -2.12. The second kappa shape index (κ2) is 7.56. The molecule has 0 unspecified atom stereocenters. The summed E-state index contributed by atoms with van der Waals surface area (Å²) >= 11 is 0. The molecule has 0 saturated carbocycles. The number of benzene rings is 2. The predicted octanol–water partition coefficient (Wildman–Crippen LogP) is 1.86. The van der Waals surface area contributed by atoms with E-state index in [-0.39, 0.29) is 17.9 Å². The minimum Gasteiger partial charge on any atom is -0.493 e. The van der Waals surface area contributed by atoms with Crippen LogP contribution in [0.2, 0.25) is 0 Å². The number of amides is 1. The highest BCUT2D eigenvalue weighted by Crippen LogP contribution is 2.33. The molecule has 1 heterocycles. The molecule has 9 heteroatoms. The Morgan fingerprint density at radius 1 is 1.11 bits per heavy atom. The van der Waals surface area contributed by atoms with Gasteiger partial charge in [0, 0.05) is 5.56 Å². The Morgan fingerprint density at radius 2 is 1.85 bits per heavy atom. The van der Waals surface area contributed by atoms with Gasteiger partial charge in [-0.05, 0) is 35.9 Å². The summed E-state index contributed by atoms with van der Waals surface area (Å²) in [6.45, 7) is 0.228. The van der Waals surface area contributed by atoms with Crippen LogP contribution >= 0.6 is 0 Å². The van der Waals surface area contributed by atoms with Gasteiger partial charge in [0.15, 0.2) is 17.2 Å². The van der Waals surface area contributed by atoms with E-state index in [9.17, 15) is 9.59 Å². The van der Waals surface area contributed by atoms with Gasteiger partial charge >= 0.3 is 5.97 Å². The Morgan fingerprint density at radius 3 is 2.48 bits per heavy atom. The van der Waals surface area contributed by atoms with E-state index in [1.54, 1.807) is 30.3 Å². The molecular formula is C18H16N4O5. The molecule has 0 atom stereocenters. The van der Waals surface area contributed by atoms with Crippen molar-refractivity contribution in [1.29, 1.82) is 0 Å². The Kier molecular flexibility index (Phi) is 5.02. The quantitative estimate of drug-likeness (QED) is 0.578. The lowest BCUT2D eigenvalue weighted by molar-refractivity contribution is 0.0696. The standard InChI is InChI=1S/C18H16N4O5/c1-26-14-8-12(15-16(17(19)23)21-22-20-15)6-7-13(14)27-9-10-2-4-11(5-3-10)18(24)25/h2-8H,9H2,1H3,(H2,19,23)(H,24,25)(H,20,21,22). The molecule has 0 aliphatic rings. The average molecular weight is 368 g/mol. The number of aromatic amines is 1. The first-order chi connectivity index (χ1) is 13.0. The third-order valence-electron chi connectivity index (χ3n) is 3.81. The number of rotatable bonds is 7. The van der Waals surface area contributed by atoms with Crippen molar-refractivity contribution in [3.05, 3.63) is 59.3 Å². The van der Waals surface area contributed by atoms with E-state index in [0.717, 1.165) is 5.56 Å². The van der Waals surface area contributed by atoms with Gasteiger partial charge in [-0.2, -0.15) is 15.4 Å². The van der Waals surface area contributed by atoms with E-state index in [1.165, 1.54) is 19.2 Å². The van der Waals surface area contributed by atoms with Crippen LogP contribution < -0.4 is 15.2 Å². The zero-order chi connectivity index (χ0) is 19.4. The topological polar surface area (TPSA) is 140 Å². The minimum atomic E-state index is -0.983. The van der Waals surface area contributed by atoms with Crippen molar-refractivity contribution in [2.24, 2.45) is 5.73 Å². The van der Waals surface area contributed by atoms with Crippen molar-refractivity contribution in [2.45, 2.75) is 6.61 Å². The van der Waals surface area contributed by atoms with Gasteiger partial charge in [-0.25, -0.2) is 4.79 Å². The number of carboxylic acid groups (broad SMARTS) is 1. The fourth-order valence-electron chi connectivity index (χ4n) is 2.44. The molecule has 1 amide bonds. The lowest BCUT2D eigenvalue weighted by Gasteiger charge is -2.12. The lowest BCUT2D eigenvalue weighted by atomic mass is 10.1. The number of carbonyl (C=O) groups excluding carboxylic acids is 1. The Hall–Kier alpha value is -3.88. The first kappa shape index (κ1) is 17.9. The molecular weight excluding hydrogens is 352 g/mol. The molecule has 0 aliphatic carbocycles. The summed E-state index contributed by atoms with van der Waals surface area (Å²) in [5.74, 6) is -0.758. The van der Waals surface area contributed by atoms with Crippen LogP contribution in [0.3, 0.4) is 0 Å². The molecule has 27 heavy (non-hydrogen) atoms. The van der Waals surface area contributed by atoms with Crippen molar-refractivity contribution >= 4 is 11.9 Å². The Bertz CT molecular complexity index is 982. The van der Waals surface area contributed by atoms with Gasteiger partial charge < -0.3 is 20.3 Å². The molecule has 1 aromatic heterocycles. The van der Waals surface area contributed by atoms with Crippen molar-refractivity contribution < 1.29 is 24.2 Å². The fourth-order valence-corrected chi connectivity index (χ4v) is 2.44. The number of ether oxygens (including phenoxy) is 2. The van der Waals surface area contributed by atoms with Gasteiger partial charge in [-0.3, -0.25) is 4.79 Å². The summed E-state index contributed by atoms with van der Waals surface area (Å²) in [6, 6.07) is 11.4. The highest BCUT2D eigenvalue weighted by molar-refractivity contribution is 5.96. The Labute approximate surface area is 153 Å². The summed E-state index contributed by atoms with van der Waals surface area (Å²) < 4.78 is 11.1. The first-order valence-electron chi connectivity index (χ1n) is 7.83. The largest absolute Gasteiger partial charge is 0.493 e. The smallest absolute Gasteiger partial charge is 0.335 e. The van der Waals surface area contributed by atoms with E-state index in [0.29, 0.717) is 22.8 Å². The molecule has 4 N–H and O–H groups in total. The van der Waals surface area contributed by atoms with Crippen LogP contribution in [0.1, 0.15) is 26.4 Å². The molecule has 3 aromatic rings. The van der Waals surface area contributed by atoms with Crippen LogP contribution in [0.15, 0.2) is 42.5 Å². The summed E-state index contributed by atoms with van der Waals surface area (Å²) in [6.07, 6.45) is 0. The van der Waals surface area contributed by atoms with Crippen LogP contribution in [0.4, 0.5) is 0 Å². The summed E-state index contributed by atoms with van der Waals surface area (Å²) in [5, 5.41) is 19.0. The monoisotopic (exact) mass is 368 g/mol. The van der Waals surface area contributed by atoms with Crippen LogP contribution in [-0.2, 0) is 6.61 Å². The molecule has 3 rings (SSSR count). The van der Waals surface area contributed by atoms with E-state index in [4.69, 9.17) is 20.3 Å². The third kappa shape index (κ3) is 3.87. The van der Waals surface area contributed by atoms with Crippen molar-refractivity contribution in [1.82, 2.24) is 15.4 Å². The van der Waals surface area contributed by atoms with E-state index >= 15 is 0 Å². The van der Waals surface area contributed by atoms with Crippen LogP contribution in [0.5, 0.6) is 11.5 Å². The number of hydrogen-bond donors (Lipinski definition) is 3. The number of nitrogens with zero attached hydrogens (tertiary/aromatic N) is 2. The number of hydrogen-bond acceptors (Lipinski definition) is 6. The number of methoxy groups -OCH3 is 1. The number of nitrogens with one attached hydrogen (secondary N) is 1. The molecule has 138 valence electrons. The van der Waals surface area contributed by atoms with Crippen LogP contribution in [0.25, 0.3) is 11.3 Å². The number of H-pyrrole nitrogens is 1. The number of aromatic nitrogens is 3. The minimum absolute atomic E-state index is 0.0317. The van der Waals surface area contributed by atoms with E-state index in [1.807, 2.05) is 0 Å². The molecule has 0 aliphatic heterocycles. The highest BCUT2D eigenvalue weighted by atomic mass is 16.5. The van der Waals surface area contributed by atoms with Gasteiger partial charge in [-0.1, -0.05) is 12.1 Å². The van der Waals surface area contributed by atoms with E-state index < -0.39 is 11.9 Å². The Balaban J connectivity index is 1.79.